The van der Waals surface area contributed by atoms with E-state index in [0.717, 1.165) is 11.4 Å². The van der Waals surface area contributed by atoms with Gasteiger partial charge in [0.05, 0.1) is 22.1 Å². The van der Waals surface area contributed by atoms with Gasteiger partial charge in [-0.05, 0) is 37.3 Å². The lowest BCUT2D eigenvalue weighted by Gasteiger charge is -2.20. The first kappa shape index (κ1) is 16.5. The van der Waals surface area contributed by atoms with Crippen molar-refractivity contribution in [2.24, 2.45) is 0 Å². The highest BCUT2D eigenvalue weighted by Gasteiger charge is 2.17. The van der Waals surface area contributed by atoms with Gasteiger partial charge in [0.15, 0.2) is 11.5 Å². The Hall–Kier alpha value is -2.99. The molecule has 26 heavy (non-hydrogen) atoms. The van der Waals surface area contributed by atoms with E-state index in [1.165, 1.54) is 0 Å². The summed E-state index contributed by atoms with van der Waals surface area (Å²) < 4.78 is 12.8. The first-order chi connectivity index (χ1) is 12.6. The molecule has 1 aliphatic heterocycles. The highest BCUT2D eigenvalue weighted by Crippen LogP contribution is 2.38. The molecule has 0 saturated carbocycles. The van der Waals surface area contributed by atoms with Crippen LogP contribution in [0.2, 0.25) is 5.02 Å². The van der Waals surface area contributed by atoms with Crippen LogP contribution in [0.25, 0.3) is 5.69 Å². The number of rotatable bonds is 3. The van der Waals surface area contributed by atoms with Gasteiger partial charge in [-0.2, -0.15) is 5.10 Å². The zero-order valence-electron chi connectivity index (χ0n) is 14.0. The molecule has 3 aromatic rings. The Labute approximate surface area is 155 Å². The van der Waals surface area contributed by atoms with Crippen molar-refractivity contribution in [2.75, 3.05) is 18.5 Å². The number of nitrogens with one attached hydrogen (secondary N) is 1. The normalized spacial score (nSPS) is 12.7. The second kappa shape index (κ2) is 6.72. The van der Waals surface area contributed by atoms with Crippen LogP contribution in [0.15, 0.2) is 48.7 Å². The van der Waals surface area contributed by atoms with Crippen LogP contribution in [0.4, 0.5) is 5.69 Å². The number of aromatic nitrogens is 2. The maximum absolute atomic E-state index is 12.5. The predicted molar refractivity (Wildman–Crippen MR) is 98.7 cm³/mol. The molecule has 0 bridgehead atoms. The Balaban J connectivity index is 1.53. The number of fused-ring (bicyclic) bond motifs is 1. The summed E-state index contributed by atoms with van der Waals surface area (Å²) in [4.78, 5) is 12.5. The number of hydrogen-bond acceptors (Lipinski definition) is 4. The Bertz CT molecular complexity index is 967. The molecule has 132 valence electrons. The molecule has 6 nitrogen and oxygen atoms in total. The van der Waals surface area contributed by atoms with Gasteiger partial charge in [-0.1, -0.05) is 11.6 Å². The summed E-state index contributed by atoms with van der Waals surface area (Å²) in [6.07, 6.45) is 1.87. The fourth-order valence-electron chi connectivity index (χ4n) is 2.68. The number of hydrogen-bond donors (Lipinski definition) is 1. The van der Waals surface area contributed by atoms with Crippen LogP contribution in [0.3, 0.4) is 0 Å². The molecule has 0 atom stereocenters. The third kappa shape index (κ3) is 3.23. The van der Waals surface area contributed by atoms with E-state index in [4.69, 9.17) is 21.1 Å². The van der Waals surface area contributed by atoms with Crippen molar-refractivity contribution in [1.29, 1.82) is 0 Å². The number of anilines is 1. The minimum absolute atomic E-state index is 0.258. The van der Waals surface area contributed by atoms with Crippen LogP contribution in [0.1, 0.15) is 16.1 Å². The lowest BCUT2D eigenvalue weighted by Crippen LogP contribution is -2.17. The average molecular weight is 370 g/mol. The van der Waals surface area contributed by atoms with Gasteiger partial charge < -0.3 is 14.8 Å². The van der Waals surface area contributed by atoms with Crippen molar-refractivity contribution >= 4 is 23.2 Å². The number of benzene rings is 2. The number of halogens is 1. The fourth-order valence-corrected chi connectivity index (χ4v) is 2.88. The van der Waals surface area contributed by atoms with E-state index in [1.807, 2.05) is 31.3 Å². The number of nitrogens with zero attached hydrogens (tertiary/aromatic N) is 2. The summed E-state index contributed by atoms with van der Waals surface area (Å²) in [5.41, 5.74) is 2.81. The summed E-state index contributed by atoms with van der Waals surface area (Å²) in [6, 6.07) is 12.4. The SMILES string of the molecule is Cc1ccn(-c2ccc(C(=O)Nc3cc4c(cc3Cl)OCCO4)cc2)n1. The van der Waals surface area contributed by atoms with Crippen LogP contribution in [0, 0.1) is 6.92 Å². The van der Waals surface area contributed by atoms with Gasteiger partial charge in [0.2, 0.25) is 0 Å². The van der Waals surface area contributed by atoms with Crippen molar-refractivity contribution in [2.45, 2.75) is 6.92 Å². The molecule has 0 unspecified atom stereocenters. The maximum Gasteiger partial charge on any atom is 0.255 e. The lowest BCUT2D eigenvalue weighted by molar-refractivity contribution is 0.102. The van der Waals surface area contributed by atoms with Crippen LogP contribution >= 0.6 is 11.6 Å². The summed E-state index contributed by atoms with van der Waals surface area (Å²) in [5.74, 6) is 0.894. The first-order valence-corrected chi connectivity index (χ1v) is 8.51. The molecule has 2 heterocycles. The lowest BCUT2D eigenvalue weighted by atomic mass is 10.2. The molecule has 0 spiro atoms. The third-order valence-electron chi connectivity index (χ3n) is 4.00. The zero-order valence-corrected chi connectivity index (χ0v) is 14.8. The maximum atomic E-state index is 12.5. The summed E-state index contributed by atoms with van der Waals surface area (Å²) in [6.45, 7) is 2.88. The Morgan fingerprint density at radius 3 is 2.46 bits per heavy atom. The van der Waals surface area contributed by atoms with E-state index in [2.05, 4.69) is 10.4 Å². The first-order valence-electron chi connectivity index (χ1n) is 8.13. The summed E-state index contributed by atoms with van der Waals surface area (Å²) >= 11 is 6.24. The molecule has 1 aromatic heterocycles. The molecule has 0 radical (unpaired) electrons. The minimum atomic E-state index is -0.258. The number of ether oxygens (including phenoxy) is 2. The van der Waals surface area contributed by atoms with Gasteiger partial charge in [0.1, 0.15) is 13.2 Å². The number of amides is 1. The van der Waals surface area contributed by atoms with Crippen LogP contribution < -0.4 is 14.8 Å². The Kier molecular flexibility index (Phi) is 4.26. The van der Waals surface area contributed by atoms with E-state index in [-0.39, 0.29) is 5.91 Å². The second-order valence-electron chi connectivity index (χ2n) is 5.88. The monoisotopic (exact) mass is 369 g/mol. The Morgan fingerprint density at radius 1 is 1.12 bits per heavy atom. The van der Waals surface area contributed by atoms with Crippen molar-refractivity contribution in [3.8, 4) is 17.2 Å². The van der Waals surface area contributed by atoms with Gasteiger partial charge in [0, 0.05) is 23.9 Å². The quantitative estimate of drug-likeness (QED) is 0.761. The van der Waals surface area contributed by atoms with E-state index < -0.39 is 0 Å². The van der Waals surface area contributed by atoms with Gasteiger partial charge in [-0.3, -0.25) is 4.79 Å². The van der Waals surface area contributed by atoms with Crippen molar-refractivity contribution in [1.82, 2.24) is 9.78 Å². The second-order valence-corrected chi connectivity index (χ2v) is 6.29. The van der Waals surface area contributed by atoms with Crippen molar-refractivity contribution in [3.63, 3.8) is 0 Å². The molecule has 0 saturated heterocycles. The van der Waals surface area contributed by atoms with E-state index >= 15 is 0 Å². The number of carbonyl (C=O) groups is 1. The van der Waals surface area contributed by atoms with Crippen molar-refractivity contribution < 1.29 is 14.3 Å². The molecular formula is C19H16ClN3O3. The number of carbonyl (C=O) groups excluding carboxylic acids is 1. The predicted octanol–water partition coefficient (Wildman–Crippen LogP) is 3.86. The molecule has 0 aliphatic carbocycles. The molecule has 1 aliphatic rings. The molecular weight excluding hydrogens is 354 g/mol. The third-order valence-corrected chi connectivity index (χ3v) is 4.31. The molecule has 7 heteroatoms. The Morgan fingerprint density at radius 2 is 1.81 bits per heavy atom. The van der Waals surface area contributed by atoms with Gasteiger partial charge in [0.25, 0.3) is 5.91 Å². The minimum Gasteiger partial charge on any atom is -0.486 e. The van der Waals surface area contributed by atoms with E-state index in [9.17, 15) is 4.79 Å². The summed E-state index contributed by atoms with van der Waals surface area (Å²) in [5, 5.41) is 7.55. The van der Waals surface area contributed by atoms with Gasteiger partial charge in [-0.15, -0.1) is 0 Å². The largest absolute Gasteiger partial charge is 0.486 e. The highest BCUT2D eigenvalue weighted by atomic mass is 35.5. The number of aryl methyl sites for hydroxylation is 1. The average Bonchev–Trinajstić information content (AvgIpc) is 3.09. The van der Waals surface area contributed by atoms with Gasteiger partial charge in [-0.25, -0.2) is 4.68 Å². The molecule has 4 rings (SSSR count). The standard InChI is InChI=1S/C19H16ClN3O3/c1-12-6-7-23(22-12)14-4-2-13(3-5-14)19(24)21-16-11-18-17(10-15(16)20)25-8-9-26-18/h2-7,10-11H,8-9H2,1H3,(H,21,24). The van der Waals surface area contributed by atoms with E-state index in [1.54, 1.807) is 28.9 Å². The van der Waals surface area contributed by atoms with Crippen molar-refractivity contribution in [3.05, 3.63) is 64.9 Å². The van der Waals surface area contributed by atoms with E-state index in [0.29, 0.717) is 41.0 Å². The smallest absolute Gasteiger partial charge is 0.255 e. The molecule has 0 fully saturated rings. The van der Waals surface area contributed by atoms with Crippen LogP contribution in [0.5, 0.6) is 11.5 Å². The zero-order chi connectivity index (χ0) is 18.1. The summed E-state index contributed by atoms with van der Waals surface area (Å²) in [7, 11) is 0. The highest BCUT2D eigenvalue weighted by molar-refractivity contribution is 6.34. The van der Waals surface area contributed by atoms with Gasteiger partial charge >= 0.3 is 0 Å². The fraction of sp³-hybridized carbons (Fsp3) is 0.158. The molecule has 2 aromatic carbocycles. The molecule has 1 N–H and O–H groups in total. The topological polar surface area (TPSA) is 65.4 Å². The van der Waals surface area contributed by atoms with Crippen LogP contribution in [-0.2, 0) is 0 Å². The van der Waals surface area contributed by atoms with Crippen LogP contribution in [-0.4, -0.2) is 28.9 Å². The molecule has 1 amide bonds.